The Labute approximate surface area is 139 Å². The molecule has 23 heavy (non-hydrogen) atoms. The number of anilines is 2. The van der Waals surface area contributed by atoms with Crippen LogP contribution in [0.4, 0.5) is 11.4 Å². The van der Waals surface area contributed by atoms with Crippen molar-refractivity contribution in [2.45, 2.75) is 19.3 Å². The quantitative estimate of drug-likeness (QED) is 0.489. The van der Waals surface area contributed by atoms with E-state index in [1.54, 1.807) is 0 Å². The number of thioether (sulfide) groups is 1. The Morgan fingerprint density at radius 2 is 1.87 bits per heavy atom. The van der Waals surface area contributed by atoms with E-state index in [9.17, 15) is 14.9 Å². The Kier molecular flexibility index (Phi) is 5.81. The van der Waals surface area contributed by atoms with Crippen LogP contribution in [-0.2, 0) is 4.79 Å². The third-order valence-corrected chi connectivity index (χ3v) is 4.36. The molecule has 1 heterocycles. The second kappa shape index (κ2) is 7.82. The molecule has 0 aromatic heterocycles. The van der Waals surface area contributed by atoms with Crippen molar-refractivity contribution in [3.05, 3.63) is 57.5 Å². The van der Waals surface area contributed by atoms with Crippen LogP contribution in [0, 0.1) is 10.1 Å². The van der Waals surface area contributed by atoms with E-state index in [0.29, 0.717) is 17.4 Å². The smallest absolute Gasteiger partial charge is 0.300 e. The molecule has 122 valence electrons. The molecule has 1 aliphatic heterocycles. The van der Waals surface area contributed by atoms with Crippen LogP contribution in [0.25, 0.3) is 0 Å². The predicted octanol–water partition coefficient (Wildman–Crippen LogP) is 3.61. The summed E-state index contributed by atoms with van der Waals surface area (Å²) in [5, 5.41) is 13.0. The zero-order valence-corrected chi connectivity index (χ0v) is 13.6. The molecule has 1 fully saturated rings. The molecule has 1 saturated heterocycles. The second-order valence-corrected chi connectivity index (χ2v) is 6.36. The molecule has 2 rings (SSSR count). The molecule has 7 heteroatoms. The van der Waals surface area contributed by atoms with Gasteiger partial charge in [-0.1, -0.05) is 18.7 Å². The molecule has 0 aliphatic carbocycles. The van der Waals surface area contributed by atoms with Crippen LogP contribution in [0.3, 0.4) is 0 Å². The standard InChI is InChI=1S/C16H19N3O3S/c1-12(23-13(2)19(21)22)16(20)17-14-8-4-5-9-15(14)18-10-6-3-7-11-18/h4-5,8-9H,1-3,6-7,10-11H2,(H,17,20). The molecule has 0 atom stereocenters. The van der Waals surface area contributed by atoms with Gasteiger partial charge in [0.15, 0.2) is 0 Å². The van der Waals surface area contributed by atoms with Gasteiger partial charge in [0, 0.05) is 13.1 Å². The number of nitro groups is 1. The molecule has 0 saturated carbocycles. The number of amides is 1. The summed E-state index contributed by atoms with van der Waals surface area (Å²) in [6.07, 6.45) is 3.49. The first kappa shape index (κ1) is 17.1. The Bertz CT molecular complexity index is 639. The van der Waals surface area contributed by atoms with Crippen LogP contribution < -0.4 is 10.2 Å². The van der Waals surface area contributed by atoms with Crippen LogP contribution in [0.5, 0.6) is 0 Å². The molecule has 0 bridgehead atoms. The third kappa shape index (κ3) is 4.59. The van der Waals surface area contributed by atoms with Gasteiger partial charge in [0.2, 0.25) is 0 Å². The van der Waals surface area contributed by atoms with Gasteiger partial charge in [-0.05, 0) is 49.7 Å². The van der Waals surface area contributed by atoms with Crippen LogP contribution >= 0.6 is 11.8 Å². The Balaban J connectivity index is 2.07. The van der Waals surface area contributed by atoms with Gasteiger partial charge in [0.25, 0.3) is 5.91 Å². The minimum Gasteiger partial charge on any atom is -0.370 e. The van der Waals surface area contributed by atoms with Crippen LogP contribution in [0.15, 0.2) is 47.4 Å². The van der Waals surface area contributed by atoms with E-state index in [2.05, 4.69) is 23.4 Å². The van der Waals surface area contributed by atoms with E-state index in [0.717, 1.165) is 31.6 Å². The van der Waals surface area contributed by atoms with Gasteiger partial charge in [-0.15, -0.1) is 0 Å². The summed E-state index contributed by atoms with van der Waals surface area (Å²) in [7, 11) is 0. The molecular formula is C16H19N3O3S. The number of piperidine rings is 1. The summed E-state index contributed by atoms with van der Waals surface area (Å²) in [4.78, 5) is 24.4. The summed E-state index contributed by atoms with van der Waals surface area (Å²) in [5.41, 5.74) is 1.65. The topological polar surface area (TPSA) is 75.5 Å². The maximum atomic E-state index is 12.2. The number of hydrogen-bond acceptors (Lipinski definition) is 5. The third-order valence-electron chi connectivity index (χ3n) is 3.55. The second-order valence-electron chi connectivity index (χ2n) is 5.20. The average molecular weight is 333 g/mol. The van der Waals surface area contributed by atoms with E-state index in [-0.39, 0.29) is 9.93 Å². The van der Waals surface area contributed by atoms with E-state index >= 15 is 0 Å². The van der Waals surface area contributed by atoms with Crippen molar-refractivity contribution in [3.63, 3.8) is 0 Å². The highest BCUT2D eigenvalue weighted by atomic mass is 32.2. The molecule has 1 aliphatic rings. The number of rotatable bonds is 6. The molecule has 1 N–H and O–H groups in total. The fraction of sp³-hybridized carbons (Fsp3) is 0.312. The van der Waals surface area contributed by atoms with E-state index in [1.807, 2.05) is 24.3 Å². The number of nitrogens with zero attached hydrogens (tertiary/aromatic N) is 2. The number of para-hydroxylation sites is 2. The van der Waals surface area contributed by atoms with Gasteiger partial charge in [0.05, 0.1) is 21.2 Å². The molecule has 0 unspecified atom stereocenters. The number of nitrogens with one attached hydrogen (secondary N) is 1. The molecule has 0 spiro atoms. The lowest BCUT2D eigenvalue weighted by Crippen LogP contribution is -2.30. The number of hydrogen-bond donors (Lipinski definition) is 1. The van der Waals surface area contributed by atoms with Crippen molar-refractivity contribution < 1.29 is 9.72 Å². The Hall–Kier alpha value is -2.28. The summed E-state index contributed by atoms with van der Waals surface area (Å²) in [5.74, 6) is -0.456. The highest BCUT2D eigenvalue weighted by Crippen LogP contribution is 2.30. The van der Waals surface area contributed by atoms with Gasteiger partial charge >= 0.3 is 5.03 Å². The van der Waals surface area contributed by atoms with Crippen molar-refractivity contribution >= 4 is 29.0 Å². The van der Waals surface area contributed by atoms with Crippen LogP contribution in [0.2, 0.25) is 0 Å². The fourth-order valence-electron chi connectivity index (χ4n) is 2.41. The minimum atomic E-state index is -0.634. The Morgan fingerprint density at radius 3 is 2.52 bits per heavy atom. The largest absolute Gasteiger partial charge is 0.370 e. The zero-order valence-electron chi connectivity index (χ0n) is 12.8. The van der Waals surface area contributed by atoms with Gasteiger partial charge in [-0.25, -0.2) is 0 Å². The van der Waals surface area contributed by atoms with Crippen LogP contribution in [0.1, 0.15) is 19.3 Å². The van der Waals surface area contributed by atoms with Gasteiger partial charge in [-0.3, -0.25) is 14.9 Å². The monoisotopic (exact) mass is 333 g/mol. The van der Waals surface area contributed by atoms with Gasteiger partial charge in [0.1, 0.15) is 0 Å². The first-order valence-electron chi connectivity index (χ1n) is 7.34. The normalized spacial score (nSPS) is 14.2. The number of benzene rings is 1. The van der Waals surface area contributed by atoms with Gasteiger partial charge in [-0.2, -0.15) is 0 Å². The lowest BCUT2D eigenvalue weighted by atomic mass is 10.1. The predicted molar refractivity (Wildman–Crippen MR) is 94.0 cm³/mol. The maximum absolute atomic E-state index is 12.2. The SMILES string of the molecule is C=C(SC(=C)[N+](=O)[O-])C(=O)Nc1ccccc1N1CCCCC1. The van der Waals surface area contributed by atoms with Crippen molar-refractivity contribution in [2.75, 3.05) is 23.3 Å². The minimum absolute atomic E-state index is 0.0418. The maximum Gasteiger partial charge on any atom is 0.300 e. The lowest BCUT2D eigenvalue weighted by molar-refractivity contribution is -0.409. The summed E-state index contributed by atoms with van der Waals surface area (Å²) in [6.45, 7) is 8.79. The highest BCUT2D eigenvalue weighted by molar-refractivity contribution is 8.07. The van der Waals surface area contributed by atoms with Crippen molar-refractivity contribution in [2.24, 2.45) is 0 Å². The Morgan fingerprint density at radius 1 is 1.22 bits per heavy atom. The molecule has 6 nitrogen and oxygen atoms in total. The highest BCUT2D eigenvalue weighted by Gasteiger charge is 2.19. The van der Waals surface area contributed by atoms with E-state index in [4.69, 9.17) is 0 Å². The first-order chi connectivity index (χ1) is 11.0. The van der Waals surface area contributed by atoms with E-state index in [1.165, 1.54) is 6.42 Å². The number of carbonyl (C=O) groups excluding carboxylic acids is 1. The summed E-state index contributed by atoms with van der Waals surface area (Å²) >= 11 is 0.663. The van der Waals surface area contributed by atoms with E-state index < -0.39 is 10.8 Å². The summed E-state index contributed by atoms with van der Waals surface area (Å²) in [6, 6.07) is 7.56. The van der Waals surface area contributed by atoms with Gasteiger partial charge < -0.3 is 10.2 Å². The zero-order chi connectivity index (χ0) is 16.8. The summed E-state index contributed by atoms with van der Waals surface area (Å²) < 4.78 is 0. The van der Waals surface area contributed by atoms with Crippen molar-refractivity contribution in [1.29, 1.82) is 0 Å². The average Bonchev–Trinajstić information content (AvgIpc) is 2.56. The van der Waals surface area contributed by atoms with Crippen molar-refractivity contribution in [1.82, 2.24) is 0 Å². The number of carbonyl (C=O) groups is 1. The lowest BCUT2D eigenvalue weighted by Gasteiger charge is -2.30. The fourth-order valence-corrected chi connectivity index (χ4v) is 2.91. The van der Waals surface area contributed by atoms with Crippen molar-refractivity contribution in [3.8, 4) is 0 Å². The molecule has 1 aromatic rings. The molecule has 1 amide bonds. The molecule has 0 radical (unpaired) electrons. The first-order valence-corrected chi connectivity index (χ1v) is 8.16. The molecule has 1 aromatic carbocycles. The van der Waals surface area contributed by atoms with Crippen LogP contribution in [-0.4, -0.2) is 23.9 Å². The molecular weight excluding hydrogens is 314 g/mol.